The van der Waals surface area contributed by atoms with Crippen LogP contribution in [0.5, 0.6) is 5.75 Å². The van der Waals surface area contributed by atoms with Gasteiger partial charge in [-0.1, -0.05) is 22.8 Å². The van der Waals surface area contributed by atoms with Gasteiger partial charge in [-0.2, -0.15) is 4.98 Å². The fraction of sp³-hybridized carbons (Fsp3) is 0.211. The van der Waals surface area contributed by atoms with E-state index in [9.17, 15) is 13.2 Å². The van der Waals surface area contributed by atoms with E-state index in [-0.39, 0.29) is 24.0 Å². The van der Waals surface area contributed by atoms with Crippen LogP contribution >= 0.6 is 11.6 Å². The molecule has 0 spiro atoms. The summed E-state index contributed by atoms with van der Waals surface area (Å²) in [6.07, 6.45) is 0. The first-order valence-electron chi connectivity index (χ1n) is 8.88. The van der Waals surface area contributed by atoms with E-state index >= 15 is 0 Å². The number of hydrogen-bond donors (Lipinski definition) is 1. The van der Waals surface area contributed by atoms with Gasteiger partial charge < -0.3 is 9.26 Å². The molecule has 4 rings (SSSR count). The number of ether oxygens (including phenoxy) is 1. The first-order chi connectivity index (χ1) is 14.2. The van der Waals surface area contributed by atoms with Gasteiger partial charge in [0.05, 0.1) is 22.8 Å². The lowest BCUT2D eigenvalue weighted by molar-refractivity contribution is -0.121. The summed E-state index contributed by atoms with van der Waals surface area (Å²) in [6, 6.07) is 9.15. The minimum atomic E-state index is -3.94. The fourth-order valence-corrected chi connectivity index (χ4v) is 4.19. The number of aryl methyl sites for hydroxylation is 2. The van der Waals surface area contributed by atoms with Crippen LogP contribution in [0.25, 0.3) is 0 Å². The lowest BCUT2D eigenvalue weighted by atomic mass is 10.2. The third-order valence-corrected chi connectivity index (χ3v) is 6.26. The molecule has 3 aromatic rings. The van der Waals surface area contributed by atoms with E-state index in [1.54, 1.807) is 19.1 Å². The summed E-state index contributed by atoms with van der Waals surface area (Å²) in [7, 11) is -3.94. The van der Waals surface area contributed by atoms with E-state index in [1.165, 1.54) is 29.2 Å². The molecule has 1 N–H and O–H groups in total. The standard InChI is InChI=1S/C19H17ClN4O5S/c1-11-3-4-13(7-15(11)20)23-30(26,27)14-5-6-17-16(8-14)24(19(25)10-28-17)9-18-21-12(2)29-22-18/h3-8,23H,9-10H2,1-2H3. The maximum Gasteiger partial charge on any atom is 0.265 e. The number of carbonyl (C=O) groups excluding carboxylic acids is 1. The molecule has 156 valence electrons. The molecule has 2 heterocycles. The summed E-state index contributed by atoms with van der Waals surface area (Å²) < 4.78 is 38.7. The van der Waals surface area contributed by atoms with Gasteiger partial charge in [-0.15, -0.1) is 0 Å². The van der Waals surface area contributed by atoms with Crippen molar-refractivity contribution >= 4 is 38.9 Å². The number of aromatic nitrogens is 2. The highest BCUT2D eigenvalue weighted by Gasteiger charge is 2.29. The number of halogens is 1. The number of carbonyl (C=O) groups is 1. The topological polar surface area (TPSA) is 115 Å². The van der Waals surface area contributed by atoms with Crippen LogP contribution in [-0.4, -0.2) is 31.1 Å². The van der Waals surface area contributed by atoms with Crippen LogP contribution in [0.1, 0.15) is 17.3 Å². The SMILES string of the molecule is Cc1nc(CN2C(=O)COc3ccc(S(=O)(=O)Nc4ccc(C)c(Cl)c4)cc32)no1. The van der Waals surface area contributed by atoms with Gasteiger partial charge in [-0.05, 0) is 42.8 Å². The Morgan fingerprint density at radius 3 is 2.70 bits per heavy atom. The van der Waals surface area contributed by atoms with E-state index in [1.807, 2.05) is 6.92 Å². The number of fused-ring (bicyclic) bond motifs is 1. The lowest BCUT2D eigenvalue weighted by Gasteiger charge is -2.28. The molecule has 1 aliphatic heterocycles. The molecule has 11 heteroatoms. The molecule has 0 atom stereocenters. The molecule has 0 aliphatic carbocycles. The highest BCUT2D eigenvalue weighted by Crippen LogP contribution is 2.35. The number of sulfonamides is 1. The lowest BCUT2D eigenvalue weighted by Crippen LogP contribution is -2.38. The third kappa shape index (κ3) is 3.96. The Labute approximate surface area is 177 Å². The number of rotatable bonds is 5. The van der Waals surface area contributed by atoms with E-state index < -0.39 is 10.0 Å². The summed E-state index contributed by atoms with van der Waals surface area (Å²) in [5.41, 5.74) is 1.46. The maximum atomic E-state index is 12.9. The fourth-order valence-electron chi connectivity index (χ4n) is 2.94. The molecule has 2 aromatic carbocycles. The van der Waals surface area contributed by atoms with Crippen LogP contribution in [0.15, 0.2) is 45.8 Å². The predicted octanol–water partition coefficient (Wildman–Crippen LogP) is 3.07. The van der Waals surface area contributed by atoms with Crippen LogP contribution in [0.2, 0.25) is 5.02 Å². The third-order valence-electron chi connectivity index (χ3n) is 4.48. The van der Waals surface area contributed by atoms with Crippen LogP contribution in [0.3, 0.4) is 0 Å². The zero-order valence-electron chi connectivity index (χ0n) is 16.0. The smallest absolute Gasteiger partial charge is 0.265 e. The van der Waals surface area contributed by atoms with Gasteiger partial charge in [-0.3, -0.25) is 14.4 Å². The number of nitrogens with one attached hydrogen (secondary N) is 1. The van der Waals surface area contributed by atoms with Crippen molar-refractivity contribution in [3.05, 3.63) is 58.7 Å². The Bertz CT molecular complexity index is 1240. The zero-order chi connectivity index (χ0) is 21.5. The highest BCUT2D eigenvalue weighted by molar-refractivity contribution is 7.92. The zero-order valence-corrected chi connectivity index (χ0v) is 17.6. The Morgan fingerprint density at radius 2 is 2.00 bits per heavy atom. The normalized spacial score (nSPS) is 13.7. The number of benzene rings is 2. The Morgan fingerprint density at radius 1 is 1.20 bits per heavy atom. The van der Waals surface area contributed by atoms with Crippen molar-refractivity contribution in [3.63, 3.8) is 0 Å². The summed E-state index contributed by atoms with van der Waals surface area (Å²) in [6.45, 7) is 3.31. The summed E-state index contributed by atoms with van der Waals surface area (Å²) in [4.78, 5) is 17.9. The second-order valence-electron chi connectivity index (χ2n) is 6.70. The molecule has 0 saturated carbocycles. The van der Waals surface area contributed by atoms with Crippen molar-refractivity contribution in [2.75, 3.05) is 16.2 Å². The van der Waals surface area contributed by atoms with Gasteiger partial charge in [-0.25, -0.2) is 8.42 Å². The molecule has 1 amide bonds. The van der Waals surface area contributed by atoms with Crippen molar-refractivity contribution in [2.24, 2.45) is 0 Å². The average Bonchev–Trinajstić information content (AvgIpc) is 3.11. The molecule has 0 fully saturated rings. The van der Waals surface area contributed by atoms with Gasteiger partial charge in [0.15, 0.2) is 12.4 Å². The van der Waals surface area contributed by atoms with Crippen molar-refractivity contribution < 1.29 is 22.5 Å². The number of hydrogen-bond acceptors (Lipinski definition) is 7. The molecule has 0 saturated heterocycles. The quantitative estimate of drug-likeness (QED) is 0.637. The maximum absolute atomic E-state index is 12.9. The molecule has 1 aromatic heterocycles. The highest BCUT2D eigenvalue weighted by atomic mass is 35.5. The van der Waals surface area contributed by atoms with Crippen LogP contribution < -0.4 is 14.4 Å². The molecule has 9 nitrogen and oxygen atoms in total. The molecule has 0 radical (unpaired) electrons. The molecular weight excluding hydrogens is 432 g/mol. The van der Waals surface area contributed by atoms with Gasteiger partial charge >= 0.3 is 0 Å². The monoisotopic (exact) mass is 448 g/mol. The molecule has 1 aliphatic rings. The van der Waals surface area contributed by atoms with Gasteiger partial charge in [0.25, 0.3) is 15.9 Å². The van der Waals surface area contributed by atoms with E-state index in [4.69, 9.17) is 20.9 Å². The molecular formula is C19H17ClN4O5S. The van der Waals surface area contributed by atoms with Crippen LogP contribution in [-0.2, 0) is 21.4 Å². The minimum absolute atomic E-state index is 0.0248. The second-order valence-corrected chi connectivity index (χ2v) is 8.79. The Hall–Kier alpha value is -3.11. The van der Waals surface area contributed by atoms with Crippen molar-refractivity contribution in [1.82, 2.24) is 10.1 Å². The molecule has 0 unspecified atom stereocenters. The van der Waals surface area contributed by atoms with E-state index in [2.05, 4.69) is 14.9 Å². The van der Waals surface area contributed by atoms with Crippen LogP contribution in [0, 0.1) is 13.8 Å². The van der Waals surface area contributed by atoms with Gasteiger partial charge in [0.2, 0.25) is 5.89 Å². The summed E-state index contributed by atoms with van der Waals surface area (Å²) >= 11 is 6.08. The van der Waals surface area contributed by atoms with Crippen molar-refractivity contribution in [3.8, 4) is 5.75 Å². The minimum Gasteiger partial charge on any atom is -0.482 e. The molecule has 0 bridgehead atoms. The first kappa shape index (κ1) is 20.2. The van der Waals surface area contributed by atoms with E-state index in [0.717, 1.165) is 5.56 Å². The second kappa shape index (κ2) is 7.62. The van der Waals surface area contributed by atoms with Crippen molar-refractivity contribution in [1.29, 1.82) is 0 Å². The van der Waals surface area contributed by atoms with Crippen molar-refractivity contribution in [2.45, 2.75) is 25.3 Å². The van der Waals surface area contributed by atoms with Crippen LogP contribution in [0.4, 0.5) is 11.4 Å². The summed E-state index contributed by atoms with van der Waals surface area (Å²) in [5.74, 6) is 0.697. The average molecular weight is 449 g/mol. The van der Waals surface area contributed by atoms with Gasteiger partial charge in [0.1, 0.15) is 5.75 Å². The van der Waals surface area contributed by atoms with E-state index in [0.29, 0.717) is 33.9 Å². The Balaban J connectivity index is 1.67. The number of amides is 1. The largest absolute Gasteiger partial charge is 0.482 e. The Kier molecular flexibility index (Phi) is 5.12. The number of nitrogens with zero attached hydrogens (tertiary/aromatic N) is 3. The number of anilines is 2. The molecule has 30 heavy (non-hydrogen) atoms. The predicted molar refractivity (Wildman–Crippen MR) is 109 cm³/mol. The summed E-state index contributed by atoms with van der Waals surface area (Å²) in [5, 5.41) is 4.24. The first-order valence-corrected chi connectivity index (χ1v) is 10.7. The van der Waals surface area contributed by atoms with Gasteiger partial charge in [0, 0.05) is 11.9 Å².